The summed E-state index contributed by atoms with van der Waals surface area (Å²) >= 11 is 0. The van der Waals surface area contributed by atoms with Crippen molar-refractivity contribution in [3.63, 3.8) is 0 Å². The minimum absolute atomic E-state index is 0.0660. The number of benzene rings is 1. The van der Waals surface area contributed by atoms with Gasteiger partial charge in [-0.05, 0) is 24.6 Å². The van der Waals surface area contributed by atoms with Crippen LogP contribution in [0, 0.1) is 6.92 Å². The molecular weight excluding hydrogens is 228 g/mol. The van der Waals surface area contributed by atoms with Crippen LogP contribution in [0.2, 0.25) is 0 Å². The summed E-state index contributed by atoms with van der Waals surface area (Å²) in [5.41, 5.74) is 6.64. The first-order valence-electron chi connectivity index (χ1n) is 4.83. The molecule has 3 N–H and O–H groups in total. The quantitative estimate of drug-likeness (QED) is 0.741. The van der Waals surface area contributed by atoms with Crippen molar-refractivity contribution in [3.8, 4) is 0 Å². The number of nitrogen functional groups attached to an aromatic ring is 1. The highest BCUT2D eigenvalue weighted by atomic mass is 32.2. The Morgan fingerprint density at radius 1 is 1.44 bits per heavy atom. The minimum Gasteiger partial charge on any atom is -0.398 e. The lowest BCUT2D eigenvalue weighted by Crippen LogP contribution is -2.30. The van der Waals surface area contributed by atoms with Crippen molar-refractivity contribution in [2.75, 3.05) is 25.9 Å². The lowest BCUT2D eigenvalue weighted by molar-refractivity contribution is 0.266. The normalized spacial score (nSPS) is 12.0. The molecule has 0 atom stereocenters. The molecule has 0 fully saturated rings. The number of aliphatic hydroxyl groups excluding tert-OH is 1. The van der Waals surface area contributed by atoms with Crippen LogP contribution in [0.5, 0.6) is 0 Å². The van der Waals surface area contributed by atoms with Crippen molar-refractivity contribution >= 4 is 15.7 Å². The monoisotopic (exact) mass is 244 g/mol. The van der Waals surface area contributed by atoms with Crippen LogP contribution < -0.4 is 5.73 Å². The van der Waals surface area contributed by atoms with Crippen molar-refractivity contribution in [1.82, 2.24) is 4.31 Å². The van der Waals surface area contributed by atoms with E-state index in [4.69, 9.17) is 10.8 Å². The van der Waals surface area contributed by atoms with Crippen molar-refractivity contribution in [2.24, 2.45) is 0 Å². The number of hydrogen-bond donors (Lipinski definition) is 2. The Hall–Kier alpha value is -1.11. The van der Waals surface area contributed by atoms with Crippen LogP contribution >= 0.6 is 0 Å². The molecule has 0 aromatic heterocycles. The first-order chi connectivity index (χ1) is 7.41. The van der Waals surface area contributed by atoms with Crippen LogP contribution in [0.25, 0.3) is 0 Å². The van der Waals surface area contributed by atoms with Gasteiger partial charge in [-0.15, -0.1) is 0 Å². The Morgan fingerprint density at radius 2 is 2.06 bits per heavy atom. The number of sulfonamides is 1. The van der Waals surface area contributed by atoms with E-state index in [9.17, 15) is 8.42 Å². The van der Waals surface area contributed by atoms with Crippen molar-refractivity contribution in [3.05, 3.63) is 23.8 Å². The van der Waals surface area contributed by atoms with Crippen LogP contribution in [-0.4, -0.2) is 38.0 Å². The molecule has 0 aliphatic carbocycles. The number of nitrogens with zero attached hydrogens (tertiary/aromatic N) is 1. The van der Waals surface area contributed by atoms with Gasteiger partial charge in [-0.25, -0.2) is 8.42 Å². The summed E-state index contributed by atoms with van der Waals surface area (Å²) in [5, 5.41) is 8.74. The maximum absolute atomic E-state index is 12.1. The second-order valence-corrected chi connectivity index (χ2v) is 5.53. The maximum atomic E-state index is 12.1. The molecule has 16 heavy (non-hydrogen) atoms. The largest absolute Gasteiger partial charge is 0.398 e. The zero-order valence-corrected chi connectivity index (χ0v) is 10.2. The number of anilines is 1. The minimum atomic E-state index is -3.56. The Morgan fingerprint density at radius 3 is 2.62 bits per heavy atom. The fraction of sp³-hybridized carbons (Fsp3) is 0.400. The number of hydrogen-bond acceptors (Lipinski definition) is 4. The van der Waals surface area contributed by atoms with Gasteiger partial charge in [0.25, 0.3) is 0 Å². The Kier molecular flexibility index (Phi) is 3.90. The van der Waals surface area contributed by atoms with Crippen LogP contribution in [-0.2, 0) is 10.0 Å². The van der Waals surface area contributed by atoms with Gasteiger partial charge >= 0.3 is 0 Å². The molecule has 0 bridgehead atoms. The van der Waals surface area contributed by atoms with Crippen LogP contribution in [0.1, 0.15) is 5.56 Å². The highest BCUT2D eigenvalue weighted by Gasteiger charge is 2.22. The first-order valence-corrected chi connectivity index (χ1v) is 6.27. The summed E-state index contributed by atoms with van der Waals surface area (Å²) in [6.45, 7) is 1.52. The van der Waals surface area contributed by atoms with E-state index < -0.39 is 10.0 Å². The second kappa shape index (κ2) is 4.82. The van der Waals surface area contributed by atoms with E-state index in [2.05, 4.69) is 0 Å². The van der Waals surface area contributed by atoms with Gasteiger partial charge in [0.15, 0.2) is 0 Å². The maximum Gasteiger partial charge on any atom is 0.243 e. The molecule has 1 aromatic rings. The van der Waals surface area contributed by atoms with E-state index in [0.29, 0.717) is 11.3 Å². The molecule has 0 unspecified atom stereocenters. The molecule has 0 aliphatic heterocycles. The molecule has 0 saturated heterocycles. The summed E-state index contributed by atoms with van der Waals surface area (Å²) in [5.74, 6) is 0. The fourth-order valence-electron chi connectivity index (χ4n) is 1.34. The highest BCUT2D eigenvalue weighted by Crippen LogP contribution is 2.22. The topological polar surface area (TPSA) is 83.6 Å². The number of aliphatic hydroxyl groups is 1. The van der Waals surface area contributed by atoms with Crippen molar-refractivity contribution < 1.29 is 13.5 Å². The van der Waals surface area contributed by atoms with Crippen LogP contribution in [0.3, 0.4) is 0 Å². The number of rotatable bonds is 4. The Bertz CT molecular complexity index is 471. The van der Waals surface area contributed by atoms with E-state index in [1.54, 1.807) is 19.1 Å². The lowest BCUT2D eigenvalue weighted by atomic mass is 10.2. The number of likely N-dealkylation sites (N-methyl/N-ethyl adjacent to an activating group) is 1. The summed E-state index contributed by atoms with van der Waals surface area (Å²) in [7, 11) is -2.14. The standard InChI is InChI=1S/C10H16N2O3S/c1-8-9(11)4-3-5-10(8)16(14,15)12(2)6-7-13/h3-5,13H,6-7,11H2,1-2H3. The van der Waals surface area contributed by atoms with Gasteiger partial charge in [0.2, 0.25) is 10.0 Å². The molecule has 0 amide bonds. The molecule has 0 aliphatic rings. The SMILES string of the molecule is Cc1c(N)cccc1S(=O)(=O)N(C)CCO. The van der Waals surface area contributed by atoms with Crippen molar-refractivity contribution in [1.29, 1.82) is 0 Å². The molecule has 0 saturated carbocycles. The molecular formula is C10H16N2O3S. The van der Waals surface area contributed by atoms with Gasteiger partial charge < -0.3 is 10.8 Å². The smallest absolute Gasteiger partial charge is 0.243 e. The number of nitrogens with two attached hydrogens (primary N) is 1. The van der Waals surface area contributed by atoms with Gasteiger partial charge in [-0.3, -0.25) is 0 Å². The molecule has 5 nitrogen and oxygen atoms in total. The highest BCUT2D eigenvalue weighted by molar-refractivity contribution is 7.89. The molecule has 0 radical (unpaired) electrons. The Labute approximate surface area is 95.5 Å². The van der Waals surface area contributed by atoms with E-state index in [0.717, 1.165) is 4.31 Å². The van der Waals surface area contributed by atoms with Crippen molar-refractivity contribution in [2.45, 2.75) is 11.8 Å². The van der Waals surface area contributed by atoms with Crippen LogP contribution in [0.15, 0.2) is 23.1 Å². The molecule has 1 aromatic carbocycles. The summed E-state index contributed by atoms with van der Waals surface area (Å²) in [4.78, 5) is 0.184. The van der Waals surface area contributed by atoms with Gasteiger partial charge in [0.05, 0.1) is 11.5 Å². The van der Waals surface area contributed by atoms with Gasteiger partial charge in [-0.2, -0.15) is 4.31 Å². The molecule has 1 rings (SSSR count). The predicted octanol–water partition coefficient (Wildman–Crippen LogP) is 0.190. The first kappa shape index (κ1) is 13.0. The van der Waals surface area contributed by atoms with E-state index in [1.165, 1.54) is 13.1 Å². The lowest BCUT2D eigenvalue weighted by Gasteiger charge is -2.17. The summed E-state index contributed by atoms with van der Waals surface area (Å²) in [6, 6.07) is 4.76. The third-order valence-corrected chi connectivity index (χ3v) is 4.43. The summed E-state index contributed by atoms with van der Waals surface area (Å²) < 4.78 is 25.2. The average molecular weight is 244 g/mol. The molecule has 90 valence electrons. The molecule has 0 spiro atoms. The fourth-order valence-corrected chi connectivity index (χ4v) is 2.75. The molecule has 6 heteroatoms. The average Bonchev–Trinajstić information content (AvgIpc) is 2.22. The Balaban J connectivity index is 3.22. The molecule has 0 heterocycles. The van der Waals surface area contributed by atoms with Gasteiger partial charge in [0, 0.05) is 19.3 Å². The van der Waals surface area contributed by atoms with E-state index >= 15 is 0 Å². The third kappa shape index (κ3) is 2.34. The summed E-state index contributed by atoms with van der Waals surface area (Å²) in [6.07, 6.45) is 0. The predicted molar refractivity (Wildman–Crippen MR) is 62.5 cm³/mol. The van der Waals surface area contributed by atoms with Gasteiger partial charge in [0.1, 0.15) is 0 Å². The van der Waals surface area contributed by atoms with E-state index in [-0.39, 0.29) is 18.0 Å². The zero-order valence-electron chi connectivity index (χ0n) is 9.34. The zero-order chi connectivity index (χ0) is 12.3. The van der Waals surface area contributed by atoms with Crippen LogP contribution in [0.4, 0.5) is 5.69 Å². The third-order valence-electron chi connectivity index (χ3n) is 2.43. The second-order valence-electron chi connectivity index (χ2n) is 3.52. The van der Waals surface area contributed by atoms with E-state index in [1.807, 2.05) is 0 Å². The van der Waals surface area contributed by atoms with Gasteiger partial charge in [-0.1, -0.05) is 6.07 Å².